The van der Waals surface area contributed by atoms with Crippen LogP contribution in [-0.2, 0) is 34.7 Å². The minimum Gasteiger partial charge on any atom is -0.605 e. The van der Waals surface area contributed by atoms with Crippen LogP contribution >= 0.6 is 10.8 Å². The van der Waals surface area contributed by atoms with Gasteiger partial charge in [0.2, 0.25) is 6.29 Å². The lowest BCUT2D eigenvalue weighted by Gasteiger charge is -2.35. The van der Waals surface area contributed by atoms with Crippen molar-refractivity contribution in [1.82, 2.24) is 0 Å². The number of methoxy groups -OCH3 is 1. The Hall–Kier alpha value is -2.09. The molecule has 10 heteroatoms. The summed E-state index contributed by atoms with van der Waals surface area (Å²) in [5, 5.41) is 10.4. The molecule has 3 atom stereocenters. The molecule has 2 saturated carbocycles. The van der Waals surface area contributed by atoms with Crippen molar-refractivity contribution in [2.24, 2.45) is 5.92 Å². The van der Waals surface area contributed by atoms with Crippen molar-refractivity contribution >= 4 is 32.9 Å². The average Bonchev–Trinajstić information content (AvgIpc) is 3.62. The summed E-state index contributed by atoms with van der Waals surface area (Å²) in [5.41, 5.74) is 0.175. The van der Waals surface area contributed by atoms with Gasteiger partial charge in [-0.05, 0) is 88.3 Å². The first kappa shape index (κ1) is 30.9. The topological polar surface area (TPSA) is 118 Å². The van der Waals surface area contributed by atoms with Crippen LogP contribution in [0.25, 0.3) is 0 Å². The molecule has 3 aliphatic rings. The Morgan fingerprint density at radius 1 is 1.12 bits per heavy atom. The first-order valence-electron chi connectivity index (χ1n) is 14.5. The Morgan fingerprint density at radius 3 is 2.52 bits per heavy atom. The van der Waals surface area contributed by atoms with Gasteiger partial charge in [0.15, 0.2) is 11.5 Å². The molecular formula is C30H41NO7S2. The molecule has 0 spiro atoms. The SMILES string of the molecule is COc1ccc(C2(C#N)CCC(C(=O)OC(C)OC(=O)CCCC[C@H]3CCS[S+]3[O-])CC2)cc1OC1CCCC1. The summed E-state index contributed by atoms with van der Waals surface area (Å²) in [4.78, 5) is 25.0. The molecule has 0 radical (unpaired) electrons. The molecule has 0 N–H and O–H groups in total. The quantitative estimate of drug-likeness (QED) is 0.0930. The van der Waals surface area contributed by atoms with E-state index in [4.69, 9.17) is 18.9 Å². The van der Waals surface area contributed by atoms with Gasteiger partial charge in [0.05, 0.1) is 41.4 Å². The Morgan fingerprint density at radius 2 is 1.88 bits per heavy atom. The summed E-state index contributed by atoms with van der Waals surface area (Å²) in [6.45, 7) is 1.56. The van der Waals surface area contributed by atoms with Crippen molar-refractivity contribution < 1.29 is 33.1 Å². The van der Waals surface area contributed by atoms with E-state index in [0.717, 1.165) is 56.3 Å². The fourth-order valence-corrected chi connectivity index (χ4v) is 9.42. The number of nitrogens with zero attached hydrogens (tertiary/aromatic N) is 1. The molecule has 1 aliphatic heterocycles. The average molecular weight is 592 g/mol. The molecule has 0 bridgehead atoms. The fourth-order valence-electron chi connectivity index (χ4n) is 5.93. The van der Waals surface area contributed by atoms with Crippen LogP contribution < -0.4 is 9.47 Å². The van der Waals surface area contributed by atoms with E-state index in [0.29, 0.717) is 43.6 Å². The molecule has 1 aromatic rings. The molecule has 0 aromatic heterocycles. The predicted molar refractivity (Wildman–Crippen MR) is 154 cm³/mol. The highest BCUT2D eigenvalue weighted by atomic mass is 33.1. The van der Waals surface area contributed by atoms with E-state index in [2.05, 4.69) is 6.07 Å². The van der Waals surface area contributed by atoms with E-state index in [1.807, 2.05) is 18.2 Å². The molecule has 0 amide bonds. The number of rotatable bonds is 12. The second-order valence-electron chi connectivity index (χ2n) is 11.1. The second kappa shape index (κ2) is 14.7. The molecule has 220 valence electrons. The van der Waals surface area contributed by atoms with E-state index >= 15 is 0 Å². The number of carbonyl (C=O) groups is 2. The summed E-state index contributed by atoms with van der Waals surface area (Å²) < 4.78 is 34.3. The van der Waals surface area contributed by atoms with Gasteiger partial charge in [-0.15, -0.1) is 0 Å². The van der Waals surface area contributed by atoms with Crippen molar-refractivity contribution in [3.05, 3.63) is 23.8 Å². The number of unbranched alkanes of at least 4 members (excludes halogenated alkanes) is 1. The number of nitriles is 1. The van der Waals surface area contributed by atoms with Gasteiger partial charge in [-0.1, -0.05) is 6.07 Å². The maximum Gasteiger partial charge on any atom is 0.311 e. The van der Waals surface area contributed by atoms with Crippen LogP contribution in [0.4, 0.5) is 0 Å². The van der Waals surface area contributed by atoms with Gasteiger partial charge in [-0.3, -0.25) is 9.59 Å². The van der Waals surface area contributed by atoms with E-state index in [9.17, 15) is 19.4 Å². The Balaban J connectivity index is 1.23. The maximum absolute atomic E-state index is 12.8. The van der Waals surface area contributed by atoms with E-state index < -0.39 is 33.9 Å². The van der Waals surface area contributed by atoms with Gasteiger partial charge in [-0.25, -0.2) is 0 Å². The van der Waals surface area contributed by atoms with Crippen molar-refractivity contribution in [3.63, 3.8) is 0 Å². The lowest BCUT2D eigenvalue weighted by atomic mass is 9.67. The van der Waals surface area contributed by atoms with Gasteiger partial charge >= 0.3 is 11.9 Å². The number of benzene rings is 1. The molecule has 3 fully saturated rings. The molecule has 1 heterocycles. The van der Waals surface area contributed by atoms with Crippen LogP contribution in [0, 0.1) is 17.2 Å². The van der Waals surface area contributed by atoms with Crippen LogP contribution in [0.2, 0.25) is 0 Å². The molecule has 8 nitrogen and oxygen atoms in total. The molecule has 2 aliphatic carbocycles. The minimum absolute atomic E-state index is 0.173. The van der Waals surface area contributed by atoms with Crippen LogP contribution in [-0.4, -0.2) is 47.0 Å². The van der Waals surface area contributed by atoms with Crippen molar-refractivity contribution in [3.8, 4) is 17.6 Å². The van der Waals surface area contributed by atoms with Crippen LogP contribution in [0.15, 0.2) is 18.2 Å². The highest BCUT2D eigenvalue weighted by molar-refractivity contribution is 8.72. The van der Waals surface area contributed by atoms with Gasteiger partial charge in [0, 0.05) is 35.7 Å². The summed E-state index contributed by atoms with van der Waals surface area (Å²) in [6.07, 6.45) is 9.22. The highest BCUT2D eigenvalue weighted by Crippen LogP contribution is 2.44. The first-order chi connectivity index (χ1) is 19.3. The van der Waals surface area contributed by atoms with E-state index in [-0.39, 0.29) is 23.7 Å². The summed E-state index contributed by atoms with van der Waals surface area (Å²) in [6, 6.07) is 8.26. The molecule has 40 heavy (non-hydrogen) atoms. The van der Waals surface area contributed by atoms with Crippen molar-refractivity contribution in [2.75, 3.05) is 12.9 Å². The van der Waals surface area contributed by atoms with Gasteiger partial charge in [0.1, 0.15) is 5.25 Å². The Bertz CT molecular complexity index is 1050. The molecule has 4 rings (SSSR count). The zero-order valence-corrected chi connectivity index (χ0v) is 25.2. The van der Waals surface area contributed by atoms with Crippen molar-refractivity contribution in [1.29, 1.82) is 5.26 Å². The normalized spacial score (nSPS) is 27.5. The van der Waals surface area contributed by atoms with Gasteiger partial charge in [0.25, 0.3) is 0 Å². The van der Waals surface area contributed by atoms with Crippen LogP contribution in [0.3, 0.4) is 0 Å². The van der Waals surface area contributed by atoms with Crippen LogP contribution in [0.5, 0.6) is 11.5 Å². The smallest absolute Gasteiger partial charge is 0.311 e. The molecular weight excluding hydrogens is 550 g/mol. The number of hydrogen-bond acceptors (Lipinski definition) is 9. The minimum atomic E-state index is -0.960. The predicted octanol–water partition coefficient (Wildman–Crippen LogP) is 6.13. The fraction of sp³-hybridized carbons (Fsp3) is 0.700. The summed E-state index contributed by atoms with van der Waals surface area (Å²) in [7, 11) is 2.33. The molecule has 1 saturated heterocycles. The molecule has 2 unspecified atom stereocenters. The number of esters is 2. The van der Waals surface area contributed by atoms with E-state index in [1.54, 1.807) is 14.0 Å². The third-order valence-corrected chi connectivity index (χ3v) is 12.0. The first-order valence-corrected chi connectivity index (χ1v) is 17.3. The molecule has 1 aromatic carbocycles. The zero-order valence-electron chi connectivity index (χ0n) is 23.6. The standard InChI is InChI=1S/C30H41NO7S2/c1-21(36-28(32)10-6-5-9-25-15-18-39-40(25)34)37-29(33)22-13-16-30(20-31,17-14-22)23-11-12-26(35-2)27(19-23)38-24-7-3-4-8-24/h11-12,19,21-22,24-25H,3-10,13-18H2,1-2H3/t21?,22?,25-,30?,40?/m0/s1. The second-order valence-corrected chi connectivity index (χ2v) is 14.6. The third kappa shape index (κ3) is 8.01. The zero-order chi connectivity index (χ0) is 28.5. The summed E-state index contributed by atoms with van der Waals surface area (Å²) in [5.74, 6) is 1.14. The number of ether oxygens (including phenoxy) is 4. The highest BCUT2D eigenvalue weighted by Gasteiger charge is 2.40. The Kier molecular flexibility index (Phi) is 11.3. The monoisotopic (exact) mass is 591 g/mol. The van der Waals surface area contributed by atoms with E-state index in [1.165, 1.54) is 10.8 Å². The lowest BCUT2D eigenvalue weighted by molar-refractivity contribution is -0.188. The summed E-state index contributed by atoms with van der Waals surface area (Å²) >= 11 is 0. The lowest BCUT2D eigenvalue weighted by Crippen LogP contribution is -2.35. The van der Waals surface area contributed by atoms with Gasteiger partial charge < -0.3 is 23.5 Å². The third-order valence-electron chi connectivity index (χ3n) is 8.35. The van der Waals surface area contributed by atoms with Crippen molar-refractivity contribution in [2.45, 2.75) is 113 Å². The van der Waals surface area contributed by atoms with Crippen LogP contribution in [0.1, 0.15) is 96.0 Å². The maximum atomic E-state index is 12.8. The largest absolute Gasteiger partial charge is 0.605 e. The number of hydrogen-bond donors (Lipinski definition) is 0. The number of carbonyl (C=O) groups excluding carboxylic acids is 2. The van der Waals surface area contributed by atoms with Gasteiger partial charge in [-0.2, -0.15) is 5.26 Å². The Labute approximate surface area is 244 Å².